The number of nitrogens with zero attached hydrogens (tertiary/aromatic N) is 3. The van der Waals surface area contributed by atoms with Gasteiger partial charge in [0.25, 0.3) is 0 Å². The number of rotatable bonds is 10. The zero-order chi connectivity index (χ0) is 27.2. The Hall–Kier alpha value is -3.05. The number of halogens is 2. The summed E-state index contributed by atoms with van der Waals surface area (Å²) in [5.41, 5.74) is 1.97. The number of amides is 1. The van der Waals surface area contributed by atoms with Crippen LogP contribution < -0.4 is 10.1 Å². The summed E-state index contributed by atoms with van der Waals surface area (Å²) in [6, 6.07) is 14.5. The molecule has 2 heterocycles. The van der Waals surface area contributed by atoms with Crippen molar-refractivity contribution in [3.05, 3.63) is 74.8 Å². The average Bonchev–Trinajstić information content (AvgIpc) is 3.47. The first kappa shape index (κ1) is 28.0. The summed E-state index contributed by atoms with van der Waals surface area (Å²) in [5.74, 6) is 0.306. The number of ether oxygens (including phenoxy) is 2. The molecule has 198 valence electrons. The number of aromatic nitrogens is 3. The number of carbonyl (C=O) groups excluding carboxylic acids is 2. The molecule has 0 aliphatic heterocycles. The van der Waals surface area contributed by atoms with E-state index in [4.69, 9.17) is 32.7 Å². The Labute approximate surface area is 238 Å². The van der Waals surface area contributed by atoms with Crippen molar-refractivity contribution in [2.45, 2.75) is 32.2 Å². The highest BCUT2D eigenvalue weighted by Gasteiger charge is 2.25. The predicted octanol–water partition coefficient (Wildman–Crippen LogP) is 6.74. The maximum Gasteiger partial charge on any atom is 0.341 e. The number of aryl methyl sites for hydroxylation is 1. The van der Waals surface area contributed by atoms with E-state index in [0.717, 1.165) is 16.0 Å². The van der Waals surface area contributed by atoms with Crippen LogP contribution in [0.1, 0.15) is 28.0 Å². The number of esters is 1. The van der Waals surface area contributed by atoms with Crippen LogP contribution in [-0.4, -0.2) is 39.5 Å². The van der Waals surface area contributed by atoms with Crippen molar-refractivity contribution < 1.29 is 19.1 Å². The number of carbonyl (C=O) groups is 2. The summed E-state index contributed by atoms with van der Waals surface area (Å²) in [7, 11) is 1.32. The summed E-state index contributed by atoms with van der Waals surface area (Å²) >= 11 is 14.8. The van der Waals surface area contributed by atoms with Gasteiger partial charge in [-0.15, -0.1) is 21.5 Å². The van der Waals surface area contributed by atoms with Crippen LogP contribution >= 0.6 is 46.3 Å². The van der Waals surface area contributed by atoms with Gasteiger partial charge in [0.1, 0.15) is 22.9 Å². The predicted molar refractivity (Wildman–Crippen MR) is 152 cm³/mol. The van der Waals surface area contributed by atoms with Crippen LogP contribution in [-0.2, 0) is 22.7 Å². The standard InChI is InChI=1S/C26H24Cl2N4O4S2/c1-4-32-20(13-36-19-12-17(27)10-11-18(19)28)30-31-26(32)37-14-21(33)29-24-23(25(34)35-3)22(15(2)38-24)16-8-6-5-7-9-16/h5-12H,4,13-14H2,1-3H3,(H,29,33). The Kier molecular flexibility index (Phi) is 9.32. The number of hydrogen-bond donors (Lipinski definition) is 1. The summed E-state index contributed by atoms with van der Waals surface area (Å²) < 4.78 is 12.7. The molecule has 4 rings (SSSR count). The number of thioether (sulfide) groups is 1. The Morgan fingerprint density at radius 2 is 1.89 bits per heavy atom. The fraction of sp³-hybridized carbons (Fsp3) is 0.231. The lowest BCUT2D eigenvalue weighted by Gasteiger charge is -2.10. The van der Waals surface area contributed by atoms with Gasteiger partial charge < -0.3 is 19.4 Å². The lowest BCUT2D eigenvalue weighted by Crippen LogP contribution is -2.16. The van der Waals surface area contributed by atoms with Gasteiger partial charge in [-0.05, 0) is 31.5 Å². The molecule has 0 aliphatic rings. The third-order valence-corrected chi connectivity index (χ3v) is 8.02. The van der Waals surface area contributed by atoms with Gasteiger partial charge in [0.05, 0.1) is 17.9 Å². The quantitative estimate of drug-likeness (QED) is 0.161. The van der Waals surface area contributed by atoms with Crippen LogP contribution in [0.15, 0.2) is 53.7 Å². The molecule has 0 saturated heterocycles. The summed E-state index contributed by atoms with van der Waals surface area (Å²) in [5, 5.41) is 13.3. The van der Waals surface area contributed by atoms with Gasteiger partial charge in [0.15, 0.2) is 11.0 Å². The fourth-order valence-corrected chi connectivity index (χ4v) is 5.99. The molecule has 2 aromatic carbocycles. The molecular formula is C26H24Cl2N4O4S2. The van der Waals surface area contributed by atoms with E-state index in [9.17, 15) is 9.59 Å². The zero-order valence-electron chi connectivity index (χ0n) is 20.8. The van der Waals surface area contributed by atoms with Crippen LogP contribution in [0, 0.1) is 6.92 Å². The molecule has 0 aliphatic carbocycles. The van der Waals surface area contributed by atoms with Crippen molar-refractivity contribution in [2.75, 3.05) is 18.2 Å². The van der Waals surface area contributed by atoms with Crippen LogP contribution in [0.3, 0.4) is 0 Å². The van der Waals surface area contributed by atoms with Gasteiger partial charge in [-0.25, -0.2) is 4.79 Å². The van der Waals surface area contributed by atoms with Gasteiger partial charge in [-0.1, -0.05) is 65.3 Å². The molecule has 0 radical (unpaired) electrons. The monoisotopic (exact) mass is 590 g/mol. The third-order valence-electron chi connectivity index (χ3n) is 5.48. The minimum Gasteiger partial charge on any atom is -0.484 e. The van der Waals surface area contributed by atoms with Crippen LogP contribution in [0.25, 0.3) is 11.1 Å². The highest BCUT2D eigenvalue weighted by atomic mass is 35.5. The number of thiophene rings is 1. The number of anilines is 1. The molecule has 0 atom stereocenters. The van der Waals surface area contributed by atoms with Crippen molar-refractivity contribution in [1.29, 1.82) is 0 Å². The van der Waals surface area contributed by atoms with E-state index >= 15 is 0 Å². The second-order valence-corrected chi connectivity index (χ2v) is 10.9. The van der Waals surface area contributed by atoms with E-state index in [0.29, 0.717) is 43.9 Å². The van der Waals surface area contributed by atoms with Gasteiger partial charge in [-0.2, -0.15) is 0 Å². The van der Waals surface area contributed by atoms with E-state index in [1.165, 1.54) is 30.2 Å². The lowest BCUT2D eigenvalue weighted by molar-refractivity contribution is -0.113. The molecule has 1 amide bonds. The molecule has 0 spiro atoms. The van der Waals surface area contributed by atoms with Gasteiger partial charge in [-0.3, -0.25) is 4.79 Å². The molecular weight excluding hydrogens is 567 g/mol. The third kappa shape index (κ3) is 6.32. The smallest absolute Gasteiger partial charge is 0.341 e. The van der Waals surface area contributed by atoms with E-state index < -0.39 is 5.97 Å². The van der Waals surface area contributed by atoms with Gasteiger partial charge in [0.2, 0.25) is 5.91 Å². The van der Waals surface area contributed by atoms with Crippen molar-refractivity contribution in [1.82, 2.24) is 14.8 Å². The summed E-state index contributed by atoms with van der Waals surface area (Å²) in [4.78, 5) is 26.5. The van der Waals surface area contributed by atoms with Crippen LogP contribution in [0.2, 0.25) is 10.0 Å². The van der Waals surface area contributed by atoms with E-state index in [1.54, 1.807) is 18.2 Å². The van der Waals surface area contributed by atoms with Crippen molar-refractivity contribution in [3.8, 4) is 16.9 Å². The SMILES string of the molecule is CCn1c(COc2cc(Cl)ccc2Cl)nnc1SCC(=O)Nc1sc(C)c(-c2ccccc2)c1C(=O)OC. The van der Waals surface area contributed by atoms with Crippen LogP contribution in [0.4, 0.5) is 5.00 Å². The normalized spacial score (nSPS) is 10.9. The zero-order valence-corrected chi connectivity index (χ0v) is 23.9. The maximum absolute atomic E-state index is 12.9. The number of benzene rings is 2. The summed E-state index contributed by atoms with van der Waals surface area (Å²) in [6.07, 6.45) is 0. The minimum absolute atomic E-state index is 0.0668. The minimum atomic E-state index is -0.508. The van der Waals surface area contributed by atoms with Crippen molar-refractivity contribution >= 4 is 63.2 Å². The topological polar surface area (TPSA) is 95.3 Å². The van der Waals surface area contributed by atoms with Crippen molar-refractivity contribution in [3.63, 3.8) is 0 Å². The average molecular weight is 592 g/mol. The van der Waals surface area contributed by atoms with Crippen LogP contribution in [0.5, 0.6) is 5.75 Å². The van der Waals surface area contributed by atoms with E-state index in [-0.39, 0.29) is 18.3 Å². The molecule has 38 heavy (non-hydrogen) atoms. The number of hydrogen-bond acceptors (Lipinski definition) is 8. The van der Waals surface area contributed by atoms with Crippen molar-refractivity contribution in [2.24, 2.45) is 0 Å². The number of nitrogens with one attached hydrogen (secondary N) is 1. The largest absolute Gasteiger partial charge is 0.484 e. The fourth-order valence-electron chi connectivity index (χ4n) is 3.76. The second-order valence-electron chi connectivity index (χ2n) is 7.94. The Morgan fingerprint density at radius 1 is 1.13 bits per heavy atom. The Bertz CT molecular complexity index is 1460. The first-order valence-electron chi connectivity index (χ1n) is 11.5. The number of methoxy groups -OCH3 is 1. The first-order chi connectivity index (χ1) is 18.3. The molecule has 1 N–H and O–H groups in total. The van der Waals surface area contributed by atoms with Gasteiger partial charge in [0, 0.05) is 28.1 Å². The summed E-state index contributed by atoms with van der Waals surface area (Å²) in [6.45, 7) is 4.57. The van der Waals surface area contributed by atoms with E-state index in [2.05, 4.69) is 15.5 Å². The lowest BCUT2D eigenvalue weighted by atomic mass is 10.0. The second kappa shape index (κ2) is 12.7. The first-order valence-corrected chi connectivity index (χ1v) is 14.1. The molecule has 0 saturated carbocycles. The van der Waals surface area contributed by atoms with Gasteiger partial charge >= 0.3 is 5.97 Å². The Morgan fingerprint density at radius 3 is 2.61 bits per heavy atom. The molecule has 4 aromatic rings. The molecule has 12 heteroatoms. The molecule has 0 fully saturated rings. The maximum atomic E-state index is 12.9. The highest BCUT2D eigenvalue weighted by Crippen LogP contribution is 2.40. The molecule has 8 nitrogen and oxygen atoms in total. The molecule has 0 bridgehead atoms. The van der Waals surface area contributed by atoms with E-state index in [1.807, 2.05) is 48.7 Å². The molecule has 0 unspecified atom stereocenters. The Balaban J connectivity index is 1.45. The molecule has 2 aromatic heterocycles. The highest BCUT2D eigenvalue weighted by molar-refractivity contribution is 7.99.